The molecule has 0 fully saturated rings. The second kappa shape index (κ2) is 11.7. The second-order valence-corrected chi connectivity index (χ2v) is 12.9. The van der Waals surface area contributed by atoms with Gasteiger partial charge in [-0.25, -0.2) is 0 Å². The number of benzene rings is 3. The molecule has 0 N–H and O–H groups in total. The van der Waals surface area contributed by atoms with E-state index in [1.807, 2.05) is 0 Å². The Morgan fingerprint density at radius 2 is 0.684 bits per heavy atom. The smallest absolute Gasteiger partial charge is 0.521 e. The first-order valence-electron chi connectivity index (χ1n) is 13.1. The molecular formula is C34H45LiO3. The van der Waals surface area contributed by atoms with E-state index in [1.54, 1.807) is 21.3 Å². The Balaban J connectivity index is 0.00000507. The molecule has 0 bridgehead atoms. The molecule has 3 aromatic rings. The predicted octanol–water partition coefficient (Wildman–Crippen LogP) is 5.63. The van der Waals surface area contributed by atoms with Crippen molar-refractivity contribution in [3.8, 4) is 17.2 Å². The van der Waals surface area contributed by atoms with Crippen LogP contribution in [0.25, 0.3) is 0 Å². The molecule has 0 spiro atoms. The molecule has 0 aliphatic rings. The summed E-state index contributed by atoms with van der Waals surface area (Å²) in [4.78, 5) is 0. The van der Waals surface area contributed by atoms with Gasteiger partial charge in [-0.2, -0.15) is 0 Å². The summed E-state index contributed by atoms with van der Waals surface area (Å²) in [5.74, 6) is 3.48. The monoisotopic (exact) mass is 508 g/mol. The molecule has 3 aromatic carbocycles. The second-order valence-electron chi connectivity index (χ2n) is 12.9. The summed E-state index contributed by atoms with van der Waals surface area (Å²) >= 11 is 0. The van der Waals surface area contributed by atoms with Crippen LogP contribution < -0.4 is 33.1 Å². The van der Waals surface area contributed by atoms with Crippen molar-refractivity contribution in [2.24, 2.45) is 0 Å². The van der Waals surface area contributed by atoms with E-state index in [-0.39, 0.29) is 35.1 Å². The first-order chi connectivity index (χ1) is 17.1. The van der Waals surface area contributed by atoms with Crippen molar-refractivity contribution in [3.63, 3.8) is 0 Å². The van der Waals surface area contributed by atoms with Gasteiger partial charge in [-0.15, -0.1) is 0 Å². The predicted molar refractivity (Wildman–Crippen MR) is 156 cm³/mol. The van der Waals surface area contributed by atoms with E-state index in [0.29, 0.717) is 0 Å². The molecule has 200 valence electrons. The molecule has 0 unspecified atom stereocenters. The van der Waals surface area contributed by atoms with Gasteiger partial charge in [-0.1, -0.05) is 121 Å². The molecular weight excluding hydrogens is 463 g/mol. The fourth-order valence-corrected chi connectivity index (χ4v) is 4.54. The van der Waals surface area contributed by atoms with Gasteiger partial charge in [0.2, 0.25) is 0 Å². The average molecular weight is 509 g/mol. The molecule has 3 rings (SSSR count). The molecule has 3 nitrogen and oxygen atoms in total. The molecule has 0 radical (unpaired) electrons. The molecule has 0 aromatic heterocycles. The Hall–Kier alpha value is -2.47. The maximum atomic E-state index is 5.98. The van der Waals surface area contributed by atoms with E-state index in [4.69, 9.17) is 14.2 Å². The average Bonchev–Trinajstić information content (AvgIpc) is 2.82. The van der Waals surface area contributed by atoms with Gasteiger partial charge in [-0.3, -0.25) is 0 Å². The third kappa shape index (κ3) is 6.74. The van der Waals surface area contributed by atoms with E-state index in [2.05, 4.69) is 117 Å². The standard InChI is InChI=1S/C34H45O3.Li/c1-32(2,3)22-13-16-28(35-10)25(19-22)31(26-20-23(33(4,5)6)14-17-29(26)36-11)27-21-24(34(7,8)9)15-18-30(27)37-12;/h13-21H,1-12H3;/q-1;+1. The molecule has 0 aliphatic carbocycles. The minimum Gasteiger partial charge on any atom is -0.521 e. The molecule has 38 heavy (non-hydrogen) atoms. The van der Waals surface area contributed by atoms with Crippen molar-refractivity contribution < 1.29 is 33.1 Å². The fourth-order valence-electron chi connectivity index (χ4n) is 4.54. The summed E-state index contributed by atoms with van der Waals surface area (Å²) in [7, 11) is 5.20. The van der Waals surface area contributed by atoms with Gasteiger partial charge < -0.3 is 14.2 Å². The molecule has 0 atom stereocenters. The maximum absolute atomic E-state index is 5.98. The summed E-state index contributed by atoms with van der Waals surface area (Å²) in [6.07, 6.45) is 0. The number of methoxy groups -OCH3 is 3. The maximum Gasteiger partial charge on any atom is 1.00 e. The minimum absolute atomic E-state index is 0. The summed E-state index contributed by atoms with van der Waals surface area (Å²) in [6.45, 7) is 20.1. The van der Waals surface area contributed by atoms with Gasteiger partial charge >= 0.3 is 18.9 Å². The van der Waals surface area contributed by atoms with Crippen molar-refractivity contribution in [1.82, 2.24) is 0 Å². The van der Waals surface area contributed by atoms with Gasteiger partial charge in [0.15, 0.2) is 0 Å². The van der Waals surface area contributed by atoms with Crippen molar-refractivity contribution >= 4 is 0 Å². The zero-order valence-electron chi connectivity index (χ0n) is 25.9. The Morgan fingerprint density at radius 1 is 0.447 bits per heavy atom. The van der Waals surface area contributed by atoms with Crippen LogP contribution in [0.5, 0.6) is 17.2 Å². The van der Waals surface area contributed by atoms with Crippen molar-refractivity contribution in [1.29, 1.82) is 0 Å². The largest absolute Gasteiger partial charge is 1.00 e. The number of hydrogen-bond acceptors (Lipinski definition) is 3. The van der Waals surface area contributed by atoms with Crippen LogP contribution >= 0.6 is 0 Å². The van der Waals surface area contributed by atoms with E-state index >= 15 is 0 Å². The van der Waals surface area contributed by atoms with E-state index in [1.165, 1.54) is 16.7 Å². The normalized spacial score (nSPS) is 12.0. The minimum atomic E-state index is -0.0270. The zero-order chi connectivity index (χ0) is 27.8. The van der Waals surface area contributed by atoms with Crippen LogP contribution in [-0.2, 0) is 16.2 Å². The van der Waals surface area contributed by atoms with Gasteiger partial charge in [0.1, 0.15) is 0 Å². The van der Waals surface area contributed by atoms with Crippen molar-refractivity contribution in [3.05, 3.63) is 93.9 Å². The van der Waals surface area contributed by atoms with E-state index in [9.17, 15) is 0 Å². The summed E-state index contributed by atoms with van der Waals surface area (Å²) < 4.78 is 17.9. The number of rotatable bonds is 6. The van der Waals surface area contributed by atoms with Gasteiger partial charge in [0.05, 0.1) is 38.6 Å². The first kappa shape index (κ1) is 31.7. The van der Waals surface area contributed by atoms with Crippen LogP contribution in [0.3, 0.4) is 0 Å². The topological polar surface area (TPSA) is 27.7 Å². The van der Waals surface area contributed by atoms with E-state index in [0.717, 1.165) is 39.9 Å². The quantitative estimate of drug-likeness (QED) is 0.245. The molecule has 0 saturated carbocycles. The molecule has 0 saturated heterocycles. The third-order valence-electron chi connectivity index (χ3n) is 7.00. The van der Waals surface area contributed by atoms with Crippen molar-refractivity contribution in [2.75, 3.05) is 21.3 Å². The third-order valence-corrected chi connectivity index (χ3v) is 7.00. The molecule has 4 heteroatoms. The zero-order valence-corrected chi connectivity index (χ0v) is 25.9. The summed E-state index contributed by atoms with van der Waals surface area (Å²) in [5, 5.41) is 0. The van der Waals surface area contributed by atoms with Gasteiger partial charge in [-0.05, 0) is 51.1 Å². The summed E-state index contributed by atoms with van der Waals surface area (Å²) in [5.41, 5.74) is 6.67. The molecule has 0 aliphatic heterocycles. The fraction of sp³-hybridized carbons (Fsp3) is 0.441. The number of ether oxygens (including phenoxy) is 3. The summed E-state index contributed by atoms with van der Waals surface area (Å²) in [6, 6.07) is 19.5. The molecule has 0 heterocycles. The Kier molecular flexibility index (Phi) is 9.80. The van der Waals surface area contributed by atoms with Crippen LogP contribution in [0, 0.1) is 5.92 Å². The van der Waals surface area contributed by atoms with E-state index < -0.39 is 0 Å². The van der Waals surface area contributed by atoms with Crippen LogP contribution in [0.2, 0.25) is 0 Å². The number of hydrogen-bond donors (Lipinski definition) is 0. The Bertz CT molecular complexity index is 1080. The van der Waals surface area contributed by atoms with Crippen molar-refractivity contribution in [2.45, 2.75) is 78.6 Å². The SMILES string of the molecule is COc1ccc(C(C)(C)C)cc1[C-](c1cc(C(C)(C)C)ccc1OC)c1cc(C(C)(C)C)ccc1OC.[Li+]. The Morgan fingerprint density at radius 3 is 0.868 bits per heavy atom. The Labute approximate surface area is 243 Å². The van der Waals surface area contributed by atoms with Crippen LogP contribution in [0.15, 0.2) is 54.6 Å². The van der Waals surface area contributed by atoms with Crippen LogP contribution in [0.1, 0.15) is 95.7 Å². The van der Waals surface area contributed by atoms with Crippen LogP contribution in [0.4, 0.5) is 0 Å². The van der Waals surface area contributed by atoms with Gasteiger partial charge in [0.25, 0.3) is 0 Å². The van der Waals surface area contributed by atoms with Gasteiger partial charge in [0, 0.05) is 0 Å². The van der Waals surface area contributed by atoms with Crippen LogP contribution in [-0.4, -0.2) is 21.3 Å². The molecule has 0 amide bonds. The first-order valence-corrected chi connectivity index (χ1v) is 13.1.